The summed E-state index contributed by atoms with van der Waals surface area (Å²) in [6, 6.07) is 8.45. The van der Waals surface area contributed by atoms with Gasteiger partial charge in [-0.1, -0.05) is 39.8 Å². The van der Waals surface area contributed by atoms with Crippen molar-refractivity contribution in [1.82, 2.24) is 4.72 Å². The lowest BCUT2D eigenvalue weighted by atomic mass is 9.82. The fraction of sp³-hybridized carbons (Fsp3) is 0.533. The molecule has 1 atom stereocenters. The first kappa shape index (κ1) is 16.7. The van der Waals surface area contributed by atoms with Gasteiger partial charge in [-0.15, -0.1) is 0 Å². The third kappa shape index (κ3) is 4.62. The molecule has 0 bridgehead atoms. The van der Waals surface area contributed by atoms with E-state index in [0.29, 0.717) is 6.54 Å². The monoisotopic (exact) mass is 294 g/mol. The molecule has 0 aromatic heterocycles. The van der Waals surface area contributed by atoms with Gasteiger partial charge in [0.25, 0.3) is 0 Å². The maximum absolute atomic E-state index is 12.2. The summed E-state index contributed by atoms with van der Waals surface area (Å²) in [5.74, 6) is 0.232. The van der Waals surface area contributed by atoms with Crippen LogP contribution in [0.3, 0.4) is 0 Å². The molecule has 1 N–H and O–H groups in total. The molecule has 0 aliphatic heterocycles. The van der Waals surface area contributed by atoms with Crippen LogP contribution >= 0.6 is 0 Å². The molecule has 4 nitrogen and oxygen atoms in total. The number of hydrogen-bond donors (Lipinski definition) is 1. The summed E-state index contributed by atoms with van der Waals surface area (Å²) in [4.78, 5) is 0.236. The van der Waals surface area contributed by atoms with Gasteiger partial charge in [-0.3, -0.25) is 0 Å². The van der Waals surface area contributed by atoms with E-state index in [1.807, 2.05) is 13.0 Å². The molecule has 20 heavy (non-hydrogen) atoms. The topological polar surface area (TPSA) is 70.0 Å². The van der Waals surface area contributed by atoms with Crippen LogP contribution in [0.1, 0.15) is 33.3 Å². The average Bonchev–Trinajstić information content (AvgIpc) is 2.36. The Hall–Kier alpha value is -1.38. The van der Waals surface area contributed by atoms with Gasteiger partial charge in [-0.2, -0.15) is 5.26 Å². The highest BCUT2D eigenvalue weighted by Crippen LogP contribution is 2.24. The maximum Gasteiger partial charge on any atom is 0.240 e. The highest BCUT2D eigenvalue weighted by Gasteiger charge is 2.22. The molecule has 0 heterocycles. The smallest absolute Gasteiger partial charge is 0.211 e. The Bertz CT molecular complexity index is 578. The lowest BCUT2D eigenvalue weighted by molar-refractivity contribution is 0.263. The summed E-state index contributed by atoms with van der Waals surface area (Å²) in [6.07, 6.45) is 0.287. The van der Waals surface area contributed by atoms with Gasteiger partial charge in [-0.05, 0) is 29.0 Å². The molecule has 1 unspecified atom stereocenters. The molecule has 0 spiro atoms. The van der Waals surface area contributed by atoms with Crippen molar-refractivity contribution in [1.29, 1.82) is 5.26 Å². The summed E-state index contributed by atoms with van der Waals surface area (Å²) in [6.45, 7) is 8.69. The molecule has 0 aliphatic rings. The van der Waals surface area contributed by atoms with E-state index in [2.05, 4.69) is 25.5 Å². The lowest BCUT2D eigenvalue weighted by Crippen LogP contribution is -2.33. The zero-order valence-corrected chi connectivity index (χ0v) is 13.3. The van der Waals surface area contributed by atoms with Crippen molar-refractivity contribution in [3.63, 3.8) is 0 Å². The second kappa shape index (κ2) is 6.38. The zero-order valence-electron chi connectivity index (χ0n) is 12.5. The Morgan fingerprint density at radius 1 is 1.25 bits per heavy atom. The summed E-state index contributed by atoms with van der Waals surface area (Å²) < 4.78 is 27.0. The van der Waals surface area contributed by atoms with Crippen molar-refractivity contribution < 1.29 is 8.42 Å². The van der Waals surface area contributed by atoms with Crippen LogP contribution < -0.4 is 4.72 Å². The quantitative estimate of drug-likeness (QED) is 0.907. The van der Waals surface area contributed by atoms with Gasteiger partial charge in [0.1, 0.15) is 0 Å². The van der Waals surface area contributed by atoms with Gasteiger partial charge < -0.3 is 0 Å². The number of rotatable bonds is 5. The SMILES string of the molecule is CC(CNS(=O)(=O)c1ccc(CC#N)cc1)C(C)(C)C. The Labute approximate surface area is 121 Å². The minimum atomic E-state index is -3.48. The van der Waals surface area contributed by atoms with Crippen LogP contribution in [-0.4, -0.2) is 15.0 Å². The van der Waals surface area contributed by atoms with Gasteiger partial charge in [0.05, 0.1) is 17.4 Å². The summed E-state index contributed by atoms with van der Waals surface area (Å²) in [5.41, 5.74) is 0.869. The number of benzene rings is 1. The molecule has 0 amide bonds. The average molecular weight is 294 g/mol. The van der Waals surface area contributed by atoms with E-state index in [1.54, 1.807) is 12.1 Å². The molecular weight excluding hydrogens is 272 g/mol. The van der Waals surface area contributed by atoms with E-state index in [0.717, 1.165) is 5.56 Å². The van der Waals surface area contributed by atoms with E-state index >= 15 is 0 Å². The predicted octanol–water partition coefficient (Wildman–Crippen LogP) is 2.71. The standard InChI is InChI=1S/C15H22N2O2S/c1-12(15(2,3)4)11-17-20(18,19)14-7-5-13(6-8-14)9-10-16/h5-8,12,17H,9,11H2,1-4H3. The molecule has 1 aromatic rings. The molecule has 0 aliphatic carbocycles. The van der Waals surface area contributed by atoms with Gasteiger partial charge in [0.2, 0.25) is 10.0 Å². The molecule has 1 rings (SSSR count). The van der Waals surface area contributed by atoms with Crippen LogP contribution in [0.5, 0.6) is 0 Å². The fourth-order valence-corrected chi connectivity index (χ4v) is 2.63. The normalized spacial score (nSPS) is 13.8. The third-order valence-corrected chi connectivity index (χ3v) is 5.01. The number of nitrogens with one attached hydrogen (secondary N) is 1. The van der Waals surface area contributed by atoms with Gasteiger partial charge in [-0.25, -0.2) is 13.1 Å². The second-order valence-corrected chi connectivity index (χ2v) is 7.86. The Morgan fingerprint density at radius 3 is 2.25 bits per heavy atom. The minimum absolute atomic E-state index is 0.0547. The van der Waals surface area contributed by atoms with Crippen molar-refractivity contribution >= 4 is 10.0 Å². The molecule has 0 saturated heterocycles. The minimum Gasteiger partial charge on any atom is -0.211 e. The molecule has 1 aromatic carbocycles. The van der Waals surface area contributed by atoms with Crippen LogP contribution in [0, 0.1) is 22.7 Å². The van der Waals surface area contributed by atoms with E-state index in [4.69, 9.17) is 5.26 Å². The summed E-state index contributed by atoms with van der Waals surface area (Å²) >= 11 is 0. The first-order valence-electron chi connectivity index (χ1n) is 6.62. The second-order valence-electron chi connectivity index (χ2n) is 6.10. The van der Waals surface area contributed by atoms with Crippen molar-refractivity contribution in [2.75, 3.05) is 6.54 Å². The fourth-order valence-electron chi connectivity index (χ4n) is 1.50. The molecule has 0 saturated carbocycles. The molecule has 0 radical (unpaired) electrons. The lowest BCUT2D eigenvalue weighted by Gasteiger charge is -2.27. The highest BCUT2D eigenvalue weighted by molar-refractivity contribution is 7.89. The van der Waals surface area contributed by atoms with Crippen LogP contribution in [0.4, 0.5) is 0 Å². The molecule has 110 valence electrons. The van der Waals surface area contributed by atoms with Gasteiger partial charge >= 0.3 is 0 Å². The van der Waals surface area contributed by atoms with E-state index in [9.17, 15) is 8.42 Å². The highest BCUT2D eigenvalue weighted by atomic mass is 32.2. The Morgan fingerprint density at radius 2 is 1.80 bits per heavy atom. The van der Waals surface area contributed by atoms with Gasteiger partial charge in [0, 0.05) is 6.54 Å². The van der Waals surface area contributed by atoms with Crippen molar-refractivity contribution in [3.8, 4) is 6.07 Å². The Balaban J connectivity index is 2.77. The van der Waals surface area contributed by atoms with Crippen LogP contribution in [0.2, 0.25) is 0 Å². The van der Waals surface area contributed by atoms with Crippen molar-refractivity contribution in [3.05, 3.63) is 29.8 Å². The van der Waals surface area contributed by atoms with Gasteiger partial charge in [0.15, 0.2) is 0 Å². The number of sulfonamides is 1. The van der Waals surface area contributed by atoms with Crippen LogP contribution in [0.25, 0.3) is 0 Å². The van der Waals surface area contributed by atoms with Crippen LogP contribution in [-0.2, 0) is 16.4 Å². The summed E-state index contributed by atoms with van der Waals surface area (Å²) in [7, 11) is -3.48. The van der Waals surface area contributed by atoms with Crippen LogP contribution in [0.15, 0.2) is 29.2 Å². The number of nitriles is 1. The molecule has 5 heteroatoms. The first-order valence-corrected chi connectivity index (χ1v) is 8.10. The summed E-state index contributed by atoms with van der Waals surface area (Å²) in [5, 5.41) is 8.59. The van der Waals surface area contributed by atoms with Crippen molar-refractivity contribution in [2.45, 2.75) is 39.0 Å². The number of nitrogens with zero attached hydrogens (tertiary/aromatic N) is 1. The van der Waals surface area contributed by atoms with E-state index in [-0.39, 0.29) is 22.6 Å². The molecule has 0 fully saturated rings. The molecular formula is C15H22N2O2S. The third-order valence-electron chi connectivity index (χ3n) is 3.57. The van der Waals surface area contributed by atoms with E-state index in [1.165, 1.54) is 12.1 Å². The Kier molecular flexibility index (Phi) is 5.32. The first-order chi connectivity index (χ1) is 9.16. The van der Waals surface area contributed by atoms with Crippen molar-refractivity contribution in [2.24, 2.45) is 11.3 Å². The van der Waals surface area contributed by atoms with E-state index < -0.39 is 10.0 Å². The number of hydrogen-bond acceptors (Lipinski definition) is 3. The predicted molar refractivity (Wildman–Crippen MR) is 79.6 cm³/mol. The maximum atomic E-state index is 12.2. The largest absolute Gasteiger partial charge is 0.240 e. The zero-order chi connectivity index (χ0) is 15.4.